The zero-order valence-electron chi connectivity index (χ0n) is 75.1. The number of hydrogen-bond donors (Lipinski definition) is 9. The number of benzene rings is 2. The molecule has 7 aromatic rings. The molecule has 7 amide bonds. The highest BCUT2D eigenvalue weighted by molar-refractivity contribution is 7.13. The van der Waals surface area contributed by atoms with Gasteiger partial charge >= 0.3 is 17.9 Å². The molecule has 3 saturated heterocycles. The second-order valence-corrected chi connectivity index (χ2v) is 42.3. The quantitative estimate of drug-likeness (QED) is 0.0269. The number of aryl methyl sites for hydroxylation is 3. The number of thiazole rings is 2. The van der Waals surface area contributed by atoms with Crippen LogP contribution in [0.4, 0.5) is 5.69 Å². The first kappa shape index (κ1) is 92.9. The van der Waals surface area contributed by atoms with E-state index >= 15 is 0 Å². The molecule has 3 spiro atoms. The molecule has 7 saturated carbocycles. The summed E-state index contributed by atoms with van der Waals surface area (Å²) in [5.41, 5.74) is 11.1. The summed E-state index contributed by atoms with van der Waals surface area (Å²) in [4.78, 5) is 186. The van der Waals surface area contributed by atoms with Crippen molar-refractivity contribution in [3.05, 3.63) is 140 Å². The van der Waals surface area contributed by atoms with Gasteiger partial charge in [0.05, 0.1) is 86.0 Å². The Labute approximate surface area is 757 Å². The number of anilines is 1. The first-order valence-corrected chi connectivity index (χ1v) is 47.1. The van der Waals surface area contributed by atoms with Gasteiger partial charge in [-0.2, -0.15) is 0 Å². The molecular formula is C96H120N14O17S2. The highest BCUT2D eigenvalue weighted by Gasteiger charge is 2.60. The van der Waals surface area contributed by atoms with E-state index in [4.69, 9.17) is 20.2 Å². The number of piperazine rings is 1. The second kappa shape index (κ2) is 37.2. The first-order chi connectivity index (χ1) is 61.1. The van der Waals surface area contributed by atoms with E-state index in [1.165, 1.54) is 16.7 Å². The highest BCUT2D eigenvalue weighted by Crippen LogP contribution is 2.64. The molecule has 5 aromatic heterocycles. The van der Waals surface area contributed by atoms with Gasteiger partial charge in [0.25, 0.3) is 5.56 Å². The Hall–Kier alpha value is -10.8. The molecule has 33 heteroatoms. The van der Waals surface area contributed by atoms with E-state index in [0.29, 0.717) is 114 Å². The molecule has 10 aliphatic rings. The molecule has 7 aliphatic carbocycles. The summed E-state index contributed by atoms with van der Waals surface area (Å²) in [6, 6.07) is 16.3. The van der Waals surface area contributed by atoms with Crippen LogP contribution in [0, 0.1) is 83.4 Å². The van der Waals surface area contributed by atoms with Crippen LogP contribution in [-0.4, -0.2) is 210 Å². The number of pyridine rings is 2. The Kier molecular flexibility index (Phi) is 26.8. The highest BCUT2D eigenvalue weighted by atomic mass is 32.1. The number of carbonyl (C=O) groups is 11. The number of aliphatic carboxylic acids is 3. The van der Waals surface area contributed by atoms with E-state index in [9.17, 15) is 72.9 Å². The molecule has 0 radical (unpaired) electrons. The van der Waals surface area contributed by atoms with Crippen LogP contribution in [0.5, 0.6) is 0 Å². The third kappa shape index (κ3) is 20.0. The standard InChI is InChI=1S/C56H68N10O7S.C31H40N4O6S.C9H12O4/c1-32-43-29-58-45(61-49(43)66(40-9-7-8-10-40)53(72)46(32)34(3)67)21-39-15-16-41(28-57-39)63-17-19-64(20-18-63)52(71)38-25-56(26-38)23-37(24-56)50(69)62-48(55(4,5)6)54(73)65-30-42(68)22-44(65)51(70)59-27-35-11-13-36(14-12-35)47-33(2)60-31-74-47;1-17-24(42-16-33-17)19-7-5-18(6-8-19)14-32-27(38)23-9-22(36)15-35(23)28(39)25(30(2,3)4)34-26(37)20-10-31(11-20)12-21(13-31)29(40)41;10-7(11)5-1-9(2-5)3-6(4-9)8(12)13/h11-16,28-29,31,37-38,40,42,44,48,68H,7-10,17-27,30H2,1-6H3,(H,59,70)(H,62,69);5-8,16,20-23,25,36H,9-15H2,1-4H3,(H,32,38)(H,34,37)(H,40,41);5-6H,1-4H2,(H,10,11)(H,12,13)/t37?,38?,42-,44+,48-,56?;20?,21?,22-,23+,25-,31?;/m11./s1. The number of aliphatic hydroxyl groups excluding tert-OH is 2. The van der Waals surface area contributed by atoms with Crippen LogP contribution in [0.15, 0.2) is 88.9 Å². The van der Waals surface area contributed by atoms with Gasteiger partial charge in [0.1, 0.15) is 35.6 Å². The number of carbonyl (C=O) groups excluding carboxylic acids is 8. The minimum Gasteiger partial charge on any atom is -0.481 e. The summed E-state index contributed by atoms with van der Waals surface area (Å²) in [5, 5.41) is 60.2. The number of carboxylic acids is 3. The molecule has 2 aromatic carbocycles. The summed E-state index contributed by atoms with van der Waals surface area (Å²) in [6.45, 7) is 21.6. The third-order valence-corrected chi connectivity index (χ3v) is 31.0. The van der Waals surface area contributed by atoms with E-state index in [2.05, 4.69) is 41.1 Å². The van der Waals surface area contributed by atoms with Crippen LogP contribution in [0.25, 0.3) is 31.9 Å². The Morgan fingerprint density at radius 1 is 0.519 bits per heavy atom. The zero-order valence-corrected chi connectivity index (χ0v) is 76.7. The van der Waals surface area contributed by atoms with Crippen molar-refractivity contribution in [3.63, 3.8) is 0 Å². The summed E-state index contributed by atoms with van der Waals surface area (Å²) in [7, 11) is 0. The van der Waals surface area contributed by atoms with Crippen LogP contribution < -0.4 is 31.7 Å². The number of carboxylic acid groups (broad SMARTS) is 3. The zero-order chi connectivity index (χ0) is 92.3. The number of likely N-dealkylation sites (tertiary alicyclic amines) is 2. The molecule has 6 atom stereocenters. The lowest BCUT2D eigenvalue weighted by atomic mass is 9.48. The lowest BCUT2D eigenvalue weighted by molar-refractivity contribution is -0.167. The number of β-amino-alcohol motifs (C(OH)–C–C–N with tert-alkyl or cyclic N) is 2. The van der Waals surface area contributed by atoms with Crippen LogP contribution in [-0.2, 0) is 67.5 Å². The Bertz CT molecular complexity index is 5460. The molecule has 3 aliphatic heterocycles. The van der Waals surface area contributed by atoms with Crippen LogP contribution in [0.1, 0.15) is 220 Å². The van der Waals surface area contributed by atoms with E-state index in [1.54, 1.807) is 40.4 Å². The van der Waals surface area contributed by atoms with Gasteiger partial charge in [0.15, 0.2) is 5.78 Å². The fourth-order valence-corrected chi connectivity index (χ4v) is 23.4. The maximum atomic E-state index is 14.3. The fourth-order valence-electron chi connectivity index (χ4n) is 21.7. The van der Waals surface area contributed by atoms with Gasteiger partial charge in [0, 0.05) is 106 Å². The van der Waals surface area contributed by atoms with Crippen LogP contribution in [0.2, 0.25) is 0 Å². The predicted molar refractivity (Wildman–Crippen MR) is 482 cm³/mol. The van der Waals surface area contributed by atoms with Gasteiger partial charge in [0.2, 0.25) is 41.4 Å². The second-order valence-electron chi connectivity index (χ2n) is 40.6. The van der Waals surface area contributed by atoms with Gasteiger partial charge < -0.3 is 66.4 Å². The minimum atomic E-state index is -0.902. The lowest BCUT2D eigenvalue weighted by Crippen LogP contribution is -2.61. The topological polar surface area (TPSA) is 436 Å². The van der Waals surface area contributed by atoms with Crippen LogP contribution >= 0.6 is 22.7 Å². The van der Waals surface area contributed by atoms with Gasteiger partial charge in [-0.05, 0) is 185 Å². The van der Waals surface area contributed by atoms with E-state index in [1.807, 2.05) is 138 Å². The number of amides is 7. The SMILES string of the molecule is CC(=O)c1c(C)c2cnc(Cc3ccc(N4CCN(C(=O)C5CC6(CC(C(=O)N[C@H](C(=O)N7C[C@H](O)C[C@H]7C(=O)NCc7ccc(-c8scnc8C)cc7)C(C)(C)C)C6)C5)CC4)cn3)nc2n(C2CCCC2)c1=O.Cc1ncsc1-c1ccc(CNC(=O)[C@@H]2C[C@@H](O)CN2C(=O)[C@@H](NC(=O)C2CC3(CC(C(=O)O)C3)C2)C(C)(C)C)cc1.O=C(O)C1CC2(C1)CC(C(=O)O)C2. The number of fused-ring (bicyclic) bond motifs is 1. The predicted octanol–water partition coefficient (Wildman–Crippen LogP) is 10.2. The number of rotatable bonds is 23. The number of nitrogens with zero attached hydrogens (tertiary/aromatic N) is 10. The molecule has 129 heavy (non-hydrogen) atoms. The maximum Gasteiger partial charge on any atom is 0.306 e. The summed E-state index contributed by atoms with van der Waals surface area (Å²) in [6.07, 6.45) is 14.4. The number of aromatic nitrogens is 6. The van der Waals surface area contributed by atoms with Crippen molar-refractivity contribution in [2.45, 2.75) is 247 Å². The summed E-state index contributed by atoms with van der Waals surface area (Å²) in [5.74, 6) is -4.99. The van der Waals surface area contributed by atoms with Gasteiger partial charge in [-0.25, -0.2) is 19.9 Å². The van der Waals surface area contributed by atoms with Crippen molar-refractivity contribution in [2.75, 3.05) is 44.2 Å². The monoisotopic (exact) mass is 1800 g/mol. The average Bonchev–Trinajstić information content (AvgIpc) is 0.759. The molecule has 0 unspecified atom stereocenters. The summed E-state index contributed by atoms with van der Waals surface area (Å²) >= 11 is 3.15. The van der Waals surface area contributed by atoms with Gasteiger partial charge in [-0.3, -0.25) is 67.1 Å². The fraction of sp³-hybridized carbons (Fsp3) is 0.573. The van der Waals surface area contributed by atoms with Crippen molar-refractivity contribution >= 4 is 104 Å². The average molecular weight is 1810 g/mol. The lowest BCUT2D eigenvalue weighted by Gasteiger charge is -2.57. The molecule has 31 nitrogen and oxygen atoms in total. The van der Waals surface area contributed by atoms with Crippen molar-refractivity contribution in [1.29, 1.82) is 0 Å². The minimum absolute atomic E-state index is 0.00703. The number of ketones is 1. The van der Waals surface area contributed by atoms with Crippen molar-refractivity contribution < 1.29 is 78.3 Å². The molecule has 9 N–H and O–H groups in total. The smallest absolute Gasteiger partial charge is 0.306 e. The number of Topliss-reactive ketones (excluding diaryl/α,β-unsaturated/α-hetero) is 1. The van der Waals surface area contributed by atoms with Crippen molar-refractivity contribution in [2.24, 2.45) is 62.6 Å². The van der Waals surface area contributed by atoms with E-state index in [0.717, 1.165) is 98.7 Å². The Balaban J connectivity index is 0.000000193. The summed E-state index contributed by atoms with van der Waals surface area (Å²) < 4.78 is 1.73. The maximum absolute atomic E-state index is 14.3. The first-order valence-electron chi connectivity index (χ1n) is 45.4. The van der Waals surface area contributed by atoms with Crippen LogP contribution in [0.3, 0.4) is 0 Å². The van der Waals surface area contributed by atoms with Gasteiger partial charge in [-0.1, -0.05) is 103 Å². The largest absolute Gasteiger partial charge is 0.481 e. The molecule has 8 heterocycles. The van der Waals surface area contributed by atoms with Gasteiger partial charge in [-0.15, -0.1) is 22.7 Å². The molecule has 17 rings (SSSR count). The Morgan fingerprint density at radius 3 is 1.32 bits per heavy atom. The Morgan fingerprint density at radius 2 is 0.938 bits per heavy atom. The number of nitrogens with one attached hydrogen (secondary N) is 4. The molecule has 10 fully saturated rings. The number of hydrogen-bond acceptors (Lipinski definition) is 22. The molecule has 0 bridgehead atoms. The van der Waals surface area contributed by atoms with Crippen molar-refractivity contribution in [3.8, 4) is 20.9 Å². The number of aliphatic hydroxyl groups is 2. The molecular weight excluding hydrogens is 1690 g/mol. The van der Waals surface area contributed by atoms with Crippen molar-refractivity contribution in [1.82, 2.24) is 65.5 Å². The van der Waals surface area contributed by atoms with E-state index < -0.39 is 65.1 Å². The normalized spacial score (nSPS) is 26.7. The molecule has 688 valence electrons. The van der Waals surface area contributed by atoms with E-state index in [-0.39, 0.29) is 155 Å². The third-order valence-electron chi connectivity index (χ3n) is 29.1.